The van der Waals surface area contributed by atoms with Gasteiger partial charge in [0.25, 0.3) is 5.69 Å². The van der Waals surface area contributed by atoms with Gasteiger partial charge in [0.05, 0.1) is 4.92 Å². The maximum Gasteiger partial charge on any atom is 0.292 e. The van der Waals surface area contributed by atoms with Gasteiger partial charge in [-0.1, -0.05) is 0 Å². The molecule has 0 aromatic heterocycles. The number of ketones is 1. The quantitative estimate of drug-likeness (QED) is 0.336. The summed E-state index contributed by atoms with van der Waals surface area (Å²) in [5.74, 6) is -0.149. The Kier molecular flexibility index (Phi) is 2.51. The molecule has 1 rings (SSSR count). The van der Waals surface area contributed by atoms with E-state index in [1.54, 1.807) is 6.92 Å². The lowest BCUT2D eigenvalue weighted by atomic mass is 10.0. The first-order valence-electron chi connectivity index (χ1n) is 3.99. The fourth-order valence-electron chi connectivity index (χ4n) is 1.25. The summed E-state index contributed by atoms with van der Waals surface area (Å²) in [5.41, 5.74) is 6.29. The van der Waals surface area contributed by atoms with E-state index in [1.165, 1.54) is 19.1 Å². The number of carbonyl (C=O) groups is 1. The normalized spacial score (nSPS) is 9.86. The molecule has 0 aliphatic heterocycles. The van der Waals surface area contributed by atoms with Gasteiger partial charge in [-0.15, -0.1) is 0 Å². The molecular formula is C9H10N2O3. The third-order valence-corrected chi connectivity index (χ3v) is 1.95. The van der Waals surface area contributed by atoms with Gasteiger partial charge in [0.1, 0.15) is 5.69 Å². The van der Waals surface area contributed by atoms with Crippen molar-refractivity contribution in [1.82, 2.24) is 0 Å². The van der Waals surface area contributed by atoms with Crippen LogP contribution in [0, 0.1) is 17.0 Å². The smallest absolute Gasteiger partial charge is 0.292 e. The molecule has 0 spiro atoms. The number of nitrogens with two attached hydrogens (primary N) is 1. The first-order valence-corrected chi connectivity index (χ1v) is 3.99. The molecule has 0 atom stereocenters. The lowest BCUT2D eigenvalue weighted by molar-refractivity contribution is -0.383. The number of aryl methyl sites for hydroxylation is 1. The number of benzene rings is 1. The van der Waals surface area contributed by atoms with E-state index < -0.39 is 4.92 Å². The van der Waals surface area contributed by atoms with E-state index in [4.69, 9.17) is 5.73 Å². The molecule has 1 aromatic rings. The predicted octanol–water partition coefficient (Wildman–Crippen LogP) is 1.69. The van der Waals surface area contributed by atoms with Gasteiger partial charge in [0.15, 0.2) is 5.78 Å². The van der Waals surface area contributed by atoms with Crippen LogP contribution in [0.5, 0.6) is 0 Å². The van der Waals surface area contributed by atoms with Crippen molar-refractivity contribution in [3.05, 3.63) is 33.4 Å². The second kappa shape index (κ2) is 3.45. The SMILES string of the molecule is CC(=O)c1cc(N)c([N+](=O)[O-])cc1C. The summed E-state index contributed by atoms with van der Waals surface area (Å²) in [7, 11) is 0. The largest absolute Gasteiger partial charge is 0.393 e. The predicted molar refractivity (Wildman–Crippen MR) is 52.3 cm³/mol. The number of nitro groups is 1. The number of nitrogen functional groups attached to an aromatic ring is 1. The minimum Gasteiger partial charge on any atom is -0.393 e. The average molecular weight is 194 g/mol. The number of rotatable bonds is 2. The van der Waals surface area contributed by atoms with E-state index in [0.717, 1.165) is 0 Å². The first kappa shape index (κ1) is 10.2. The molecule has 1 aromatic carbocycles. The number of hydrogen-bond donors (Lipinski definition) is 1. The lowest BCUT2D eigenvalue weighted by Gasteiger charge is -2.03. The minimum atomic E-state index is -0.563. The Labute approximate surface area is 80.7 Å². The summed E-state index contributed by atoms with van der Waals surface area (Å²) in [6, 6.07) is 2.65. The van der Waals surface area contributed by atoms with Crippen LogP contribution in [0.4, 0.5) is 11.4 Å². The average Bonchev–Trinajstić information content (AvgIpc) is 2.07. The Morgan fingerprint density at radius 3 is 2.50 bits per heavy atom. The van der Waals surface area contributed by atoms with Crippen molar-refractivity contribution in [3.63, 3.8) is 0 Å². The standard InChI is InChI=1S/C9H10N2O3/c1-5-3-9(11(13)14)8(10)4-7(5)6(2)12/h3-4H,10H2,1-2H3. The summed E-state index contributed by atoms with van der Waals surface area (Å²) in [5, 5.41) is 10.5. The summed E-state index contributed by atoms with van der Waals surface area (Å²) in [4.78, 5) is 21.0. The molecule has 0 saturated heterocycles. The van der Waals surface area contributed by atoms with Crippen molar-refractivity contribution >= 4 is 17.2 Å². The van der Waals surface area contributed by atoms with Crippen molar-refractivity contribution in [1.29, 1.82) is 0 Å². The second-order valence-corrected chi connectivity index (χ2v) is 3.04. The van der Waals surface area contributed by atoms with Crippen molar-refractivity contribution in [3.8, 4) is 0 Å². The third-order valence-electron chi connectivity index (χ3n) is 1.95. The molecule has 0 aliphatic carbocycles. The summed E-state index contributed by atoms with van der Waals surface area (Å²) in [6.07, 6.45) is 0. The highest BCUT2D eigenvalue weighted by molar-refractivity contribution is 5.97. The highest BCUT2D eigenvalue weighted by Gasteiger charge is 2.15. The monoisotopic (exact) mass is 194 g/mol. The molecule has 2 N–H and O–H groups in total. The number of nitrogens with zero attached hydrogens (tertiary/aromatic N) is 1. The topological polar surface area (TPSA) is 86.2 Å². The summed E-state index contributed by atoms with van der Waals surface area (Å²) in [6.45, 7) is 3.04. The lowest BCUT2D eigenvalue weighted by Crippen LogP contribution is -2.02. The van der Waals surface area contributed by atoms with Crippen LogP contribution >= 0.6 is 0 Å². The third kappa shape index (κ3) is 1.71. The fourth-order valence-corrected chi connectivity index (χ4v) is 1.25. The molecule has 0 heterocycles. The minimum absolute atomic E-state index is 0.0193. The second-order valence-electron chi connectivity index (χ2n) is 3.04. The summed E-state index contributed by atoms with van der Waals surface area (Å²) < 4.78 is 0. The first-order chi connectivity index (χ1) is 6.43. The van der Waals surface area contributed by atoms with E-state index in [-0.39, 0.29) is 17.2 Å². The molecular weight excluding hydrogens is 184 g/mol. The van der Waals surface area contributed by atoms with Crippen LogP contribution in [0.1, 0.15) is 22.8 Å². The number of Topliss-reactive ketones (excluding diaryl/α,β-unsaturated/α-hetero) is 1. The van der Waals surface area contributed by atoms with Gasteiger partial charge in [-0.25, -0.2) is 0 Å². The Hall–Kier alpha value is -1.91. The van der Waals surface area contributed by atoms with E-state index in [0.29, 0.717) is 11.1 Å². The Morgan fingerprint density at radius 2 is 2.07 bits per heavy atom. The Bertz CT molecular complexity index is 373. The van der Waals surface area contributed by atoms with Gasteiger partial charge in [-0.2, -0.15) is 0 Å². The van der Waals surface area contributed by atoms with Crippen molar-refractivity contribution in [2.75, 3.05) is 5.73 Å². The summed E-state index contributed by atoms with van der Waals surface area (Å²) >= 11 is 0. The van der Waals surface area contributed by atoms with Crippen molar-refractivity contribution in [2.45, 2.75) is 13.8 Å². The maximum absolute atomic E-state index is 11.1. The zero-order chi connectivity index (χ0) is 10.9. The maximum atomic E-state index is 11.1. The van der Waals surface area contributed by atoms with Crippen LogP contribution in [0.2, 0.25) is 0 Å². The number of anilines is 1. The number of nitro benzene ring substituents is 1. The van der Waals surface area contributed by atoms with E-state index in [1.807, 2.05) is 0 Å². The molecule has 0 amide bonds. The van der Waals surface area contributed by atoms with E-state index in [2.05, 4.69) is 0 Å². The number of carbonyl (C=O) groups excluding carboxylic acids is 1. The Balaban J connectivity index is 3.38. The molecule has 14 heavy (non-hydrogen) atoms. The fraction of sp³-hybridized carbons (Fsp3) is 0.222. The molecule has 74 valence electrons. The van der Waals surface area contributed by atoms with Crippen LogP contribution < -0.4 is 5.73 Å². The van der Waals surface area contributed by atoms with Crippen LogP contribution in [0.25, 0.3) is 0 Å². The molecule has 0 saturated carbocycles. The van der Waals surface area contributed by atoms with Gasteiger partial charge >= 0.3 is 0 Å². The Morgan fingerprint density at radius 1 is 1.50 bits per heavy atom. The molecule has 0 radical (unpaired) electrons. The van der Waals surface area contributed by atoms with Crippen LogP contribution in [0.15, 0.2) is 12.1 Å². The van der Waals surface area contributed by atoms with Crippen LogP contribution in [-0.2, 0) is 0 Å². The molecule has 0 fully saturated rings. The molecule has 0 bridgehead atoms. The van der Waals surface area contributed by atoms with Gasteiger partial charge in [0.2, 0.25) is 0 Å². The van der Waals surface area contributed by atoms with E-state index >= 15 is 0 Å². The van der Waals surface area contributed by atoms with Gasteiger partial charge in [-0.05, 0) is 25.5 Å². The van der Waals surface area contributed by atoms with Gasteiger partial charge in [0, 0.05) is 11.6 Å². The molecule has 0 unspecified atom stereocenters. The van der Waals surface area contributed by atoms with Crippen LogP contribution in [0.3, 0.4) is 0 Å². The van der Waals surface area contributed by atoms with Crippen molar-refractivity contribution < 1.29 is 9.72 Å². The molecule has 5 nitrogen and oxygen atoms in total. The van der Waals surface area contributed by atoms with Crippen LogP contribution in [-0.4, -0.2) is 10.7 Å². The highest BCUT2D eigenvalue weighted by atomic mass is 16.6. The zero-order valence-electron chi connectivity index (χ0n) is 7.90. The molecule has 5 heteroatoms. The van der Waals surface area contributed by atoms with Crippen molar-refractivity contribution in [2.24, 2.45) is 0 Å². The molecule has 0 aliphatic rings. The van der Waals surface area contributed by atoms with Gasteiger partial charge in [-0.3, -0.25) is 14.9 Å². The highest BCUT2D eigenvalue weighted by Crippen LogP contribution is 2.25. The van der Waals surface area contributed by atoms with Gasteiger partial charge < -0.3 is 5.73 Å². The zero-order valence-corrected chi connectivity index (χ0v) is 7.90. The van der Waals surface area contributed by atoms with E-state index in [9.17, 15) is 14.9 Å². The number of hydrogen-bond acceptors (Lipinski definition) is 4.